The first-order chi connectivity index (χ1) is 12.4. The van der Waals surface area contributed by atoms with Gasteiger partial charge in [0.25, 0.3) is 5.89 Å². The Balaban J connectivity index is 1.65. The van der Waals surface area contributed by atoms with Crippen molar-refractivity contribution in [1.82, 2.24) is 10.1 Å². The SMILES string of the molecule is Cc1ccc(NC(O)Cc2noc(-c3ccc(C(=O)O)cc3)n2)cc1Cl. The van der Waals surface area contributed by atoms with E-state index < -0.39 is 12.2 Å². The molecule has 7 nitrogen and oxygen atoms in total. The largest absolute Gasteiger partial charge is 0.478 e. The molecule has 3 aromatic rings. The molecule has 0 aliphatic rings. The average Bonchev–Trinajstić information content (AvgIpc) is 3.06. The normalized spacial score (nSPS) is 12.0. The van der Waals surface area contributed by atoms with Crippen molar-refractivity contribution in [3.05, 3.63) is 64.4 Å². The average molecular weight is 374 g/mol. The van der Waals surface area contributed by atoms with Gasteiger partial charge < -0.3 is 20.1 Å². The predicted octanol–water partition coefficient (Wildman–Crippen LogP) is 3.37. The predicted molar refractivity (Wildman–Crippen MR) is 96.2 cm³/mol. The number of aromatic carboxylic acids is 1. The highest BCUT2D eigenvalue weighted by molar-refractivity contribution is 6.31. The van der Waals surface area contributed by atoms with Gasteiger partial charge in [0.05, 0.1) is 12.0 Å². The summed E-state index contributed by atoms with van der Waals surface area (Å²) in [5.41, 5.74) is 2.40. The van der Waals surface area contributed by atoms with E-state index in [4.69, 9.17) is 21.2 Å². The summed E-state index contributed by atoms with van der Waals surface area (Å²) in [5.74, 6) is -0.434. The van der Waals surface area contributed by atoms with Crippen LogP contribution in [0.3, 0.4) is 0 Å². The Morgan fingerprint density at radius 1 is 1.27 bits per heavy atom. The fourth-order valence-electron chi connectivity index (χ4n) is 2.31. The summed E-state index contributed by atoms with van der Waals surface area (Å²) in [7, 11) is 0. The molecule has 0 saturated heterocycles. The molecule has 8 heteroatoms. The Morgan fingerprint density at radius 3 is 2.65 bits per heavy atom. The molecule has 1 atom stereocenters. The molecule has 1 heterocycles. The van der Waals surface area contributed by atoms with Crippen LogP contribution < -0.4 is 5.32 Å². The number of aromatic nitrogens is 2. The minimum Gasteiger partial charge on any atom is -0.478 e. The van der Waals surface area contributed by atoms with Gasteiger partial charge in [-0.15, -0.1) is 0 Å². The topological polar surface area (TPSA) is 108 Å². The molecular weight excluding hydrogens is 358 g/mol. The van der Waals surface area contributed by atoms with Crippen molar-refractivity contribution in [1.29, 1.82) is 0 Å². The van der Waals surface area contributed by atoms with Crippen molar-refractivity contribution < 1.29 is 19.5 Å². The number of aliphatic hydroxyl groups excluding tert-OH is 1. The Morgan fingerprint density at radius 2 is 2.00 bits per heavy atom. The van der Waals surface area contributed by atoms with E-state index in [1.807, 2.05) is 19.1 Å². The molecule has 0 radical (unpaired) electrons. The molecule has 3 rings (SSSR count). The summed E-state index contributed by atoms with van der Waals surface area (Å²) >= 11 is 6.06. The molecule has 0 aliphatic carbocycles. The number of hydrogen-bond donors (Lipinski definition) is 3. The van der Waals surface area contributed by atoms with Crippen molar-refractivity contribution in [3.63, 3.8) is 0 Å². The van der Waals surface area contributed by atoms with Crippen molar-refractivity contribution >= 4 is 23.3 Å². The van der Waals surface area contributed by atoms with Crippen molar-refractivity contribution in [2.45, 2.75) is 19.6 Å². The molecule has 26 heavy (non-hydrogen) atoms. The molecule has 3 N–H and O–H groups in total. The van der Waals surface area contributed by atoms with Gasteiger partial charge in [0.15, 0.2) is 5.82 Å². The second kappa shape index (κ2) is 7.55. The number of carboxylic acids is 1. The number of nitrogens with zero attached hydrogens (tertiary/aromatic N) is 2. The van der Waals surface area contributed by atoms with Crippen LogP contribution in [0, 0.1) is 6.92 Å². The molecular formula is C18H16ClN3O4. The summed E-state index contributed by atoms with van der Waals surface area (Å²) in [5, 5.41) is 26.4. The third-order valence-electron chi connectivity index (χ3n) is 3.73. The van der Waals surface area contributed by atoms with E-state index in [9.17, 15) is 9.90 Å². The molecule has 0 aliphatic heterocycles. The third kappa shape index (κ3) is 4.19. The second-order valence-electron chi connectivity index (χ2n) is 5.73. The van der Waals surface area contributed by atoms with Gasteiger partial charge in [-0.25, -0.2) is 4.79 Å². The zero-order valence-electron chi connectivity index (χ0n) is 13.8. The Labute approximate surface area is 154 Å². The summed E-state index contributed by atoms with van der Waals surface area (Å²) in [6.45, 7) is 1.90. The number of aliphatic hydroxyl groups is 1. The van der Waals surface area contributed by atoms with Crippen LogP contribution in [0.1, 0.15) is 21.7 Å². The highest BCUT2D eigenvalue weighted by Gasteiger charge is 2.14. The molecule has 0 saturated carbocycles. The Hall–Kier alpha value is -2.90. The second-order valence-corrected chi connectivity index (χ2v) is 6.13. The number of anilines is 1. The van der Waals surface area contributed by atoms with Crippen LogP contribution in [0.15, 0.2) is 47.0 Å². The highest BCUT2D eigenvalue weighted by atomic mass is 35.5. The number of rotatable bonds is 6. The first kappa shape index (κ1) is 17.9. The lowest BCUT2D eigenvalue weighted by Gasteiger charge is -2.13. The fraction of sp³-hybridized carbons (Fsp3) is 0.167. The fourth-order valence-corrected chi connectivity index (χ4v) is 2.49. The summed E-state index contributed by atoms with van der Waals surface area (Å²) in [4.78, 5) is 15.1. The Bertz CT molecular complexity index is 924. The van der Waals surface area contributed by atoms with Crippen molar-refractivity contribution in [3.8, 4) is 11.5 Å². The van der Waals surface area contributed by atoms with Gasteiger partial charge in [-0.3, -0.25) is 0 Å². The van der Waals surface area contributed by atoms with Crippen LogP contribution in [0.4, 0.5) is 5.69 Å². The first-order valence-corrected chi connectivity index (χ1v) is 8.17. The summed E-state index contributed by atoms with van der Waals surface area (Å²) < 4.78 is 5.17. The van der Waals surface area contributed by atoms with Gasteiger partial charge in [0, 0.05) is 16.3 Å². The molecule has 0 spiro atoms. The minimum absolute atomic E-state index is 0.127. The van der Waals surface area contributed by atoms with Gasteiger partial charge in [0.1, 0.15) is 6.23 Å². The lowest BCUT2D eigenvalue weighted by atomic mass is 10.1. The monoisotopic (exact) mass is 373 g/mol. The van der Waals surface area contributed by atoms with E-state index in [1.54, 1.807) is 18.2 Å². The highest BCUT2D eigenvalue weighted by Crippen LogP contribution is 2.21. The third-order valence-corrected chi connectivity index (χ3v) is 4.14. The van der Waals surface area contributed by atoms with Gasteiger partial charge in [0.2, 0.25) is 0 Å². The maximum absolute atomic E-state index is 10.9. The number of halogens is 1. The van der Waals surface area contributed by atoms with Crippen LogP contribution in [0.2, 0.25) is 5.02 Å². The molecule has 0 bridgehead atoms. The molecule has 1 unspecified atom stereocenters. The zero-order valence-corrected chi connectivity index (χ0v) is 14.6. The van der Waals surface area contributed by atoms with Gasteiger partial charge >= 0.3 is 5.97 Å². The molecule has 2 aromatic carbocycles. The smallest absolute Gasteiger partial charge is 0.335 e. The molecule has 1 aromatic heterocycles. The summed E-state index contributed by atoms with van der Waals surface area (Å²) in [6.07, 6.45) is -0.795. The minimum atomic E-state index is -1.01. The van der Waals surface area contributed by atoms with Gasteiger partial charge in [-0.2, -0.15) is 4.98 Å². The van der Waals surface area contributed by atoms with E-state index >= 15 is 0 Å². The number of carbonyl (C=O) groups is 1. The number of hydrogen-bond acceptors (Lipinski definition) is 6. The van der Waals surface area contributed by atoms with Crippen molar-refractivity contribution in [2.24, 2.45) is 0 Å². The van der Waals surface area contributed by atoms with Gasteiger partial charge in [-0.05, 0) is 48.9 Å². The van der Waals surface area contributed by atoms with Crippen LogP contribution in [-0.4, -0.2) is 32.6 Å². The number of nitrogens with one attached hydrogen (secondary N) is 1. The number of benzene rings is 2. The lowest BCUT2D eigenvalue weighted by molar-refractivity contribution is 0.0697. The molecule has 134 valence electrons. The maximum atomic E-state index is 10.9. The van der Waals surface area contributed by atoms with Gasteiger partial charge in [-0.1, -0.05) is 22.8 Å². The molecule has 0 amide bonds. The van der Waals surface area contributed by atoms with Crippen LogP contribution in [0.5, 0.6) is 0 Å². The Kier molecular flexibility index (Phi) is 5.20. The maximum Gasteiger partial charge on any atom is 0.335 e. The van der Waals surface area contributed by atoms with Crippen LogP contribution >= 0.6 is 11.6 Å². The summed E-state index contributed by atoms with van der Waals surface area (Å²) in [6, 6.07) is 11.5. The first-order valence-electron chi connectivity index (χ1n) is 7.79. The standard InChI is InChI=1S/C18H16ClN3O4/c1-10-2-7-13(8-14(10)19)20-16(23)9-15-21-17(26-22-15)11-3-5-12(6-4-11)18(24)25/h2-8,16,20,23H,9H2,1H3,(H,24,25). The van der Waals surface area contributed by atoms with E-state index in [2.05, 4.69) is 15.5 Å². The van der Waals surface area contributed by atoms with Crippen LogP contribution in [-0.2, 0) is 6.42 Å². The number of carboxylic acid groups (broad SMARTS) is 1. The van der Waals surface area contributed by atoms with Crippen molar-refractivity contribution in [2.75, 3.05) is 5.32 Å². The lowest BCUT2D eigenvalue weighted by Crippen LogP contribution is -2.22. The van der Waals surface area contributed by atoms with E-state index in [1.165, 1.54) is 12.1 Å². The van der Waals surface area contributed by atoms with E-state index in [0.717, 1.165) is 5.56 Å². The quantitative estimate of drug-likeness (QED) is 0.568. The van der Waals surface area contributed by atoms with E-state index in [0.29, 0.717) is 22.1 Å². The number of aryl methyl sites for hydroxylation is 1. The zero-order chi connectivity index (χ0) is 18.7. The molecule has 0 fully saturated rings. The van der Waals surface area contributed by atoms with Crippen LogP contribution in [0.25, 0.3) is 11.5 Å². The van der Waals surface area contributed by atoms with E-state index in [-0.39, 0.29) is 17.9 Å².